The largest absolute Gasteiger partial charge is 0.472 e. The smallest absolute Gasteiger partial charge is 0.275 e. The van der Waals surface area contributed by atoms with Gasteiger partial charge < -0.3 is 9.73 Å². The van der Waals surface area contributed by atoms with Crippen LogP contribution in [-0.2, 0) is 0 Å². The van der Waals surface area contributed by atoms with Crippen molar-refractivity contribution in [3.63, 3.8) is 0 Å². The van der Waals surface area contributed by atoms with Crippen molar-refractivity contribution in [3.05, 3.63) is 59.0 Å². The number of nitrogens with one attached hydrogen (secondary N) is 1. The zero-order valence-electron chi connectivity index (χ0n) is 13.0. The molecule has 0 unspecified atom stereocenters. The van der Waals surface area contributed by atoms with Crippen molar-refractivity contribution < 1.29 is 18.8 Å². The quantitative estimate of drug-likeness (QED) is 0.731. The average molecular weight is 353 g/mol. The first-order valence-corrected chi connectivity index (χ1v) is 8.18. The van der Waals surface area contributed by atoms with E-state index in [0.29, 0.717) is 16.3 Å². The van der Waals surface area contributed by atoms with E-state index >= 15 is 0 Å². The molecule has 3 amide bonds. The van der Waals surface area contributed by atoms with Crippen LogP contribution < -0.4 is 5.32 Å². The Bertz CT molecular complexity index is 1010. The molecule has 1 aliphatic heterocycles. The molecule has 25 heavy (non-hydrogen) atoms. The number of benzene rings is 1. The molecule has 0 bridgehead atoms. The molecule has 2 aromatic heterocycles. The Hall–Kier alpha value is -3.26. The fourth-order valence-corrected chi connectivity index (χ4v) is 3.32. The normalized spacial score (nSPS) is 13.2. The van der Waals surface area contributed by atoms with Crippen LogP contribution >= 0.6 is 11.3 Å². The molecular weight excluding hydrogens is 342 g/mol. The molecule has 0 saturated heterocycles. The van der Waals surface area contributed by atoms with Crippen molar-refractivity contribution in [2.45, 2.75) is 0 Å². The summed E-state index contributed by atoms with van der Waals surface area (Å²) in [5.41, 5.74) is 2.11. The standard InChI is InChI=1S/C17H11N3O4S/c1-20-16(22)11-3-2-10(6-12(11)17(20)23)18-14(21)13-8-25-15(19-13)9-4-5-24-7-9/h2-8H,1H3,(H,18,21). The van der Waals surface area contributed by atoms with E-state index in [0.717, 1.165) is 10.5 Å². The Morgan fingerprint density at radius 3 is 2.76 bits per heavy atom. The Labute approximate surface area is 145 Å². The zero-order valence-corrected chi connectivity index (χ0v) is 13.8. The third-order valence-electron chi connectivity index (χ3n) is 3.85. The second-order valence-electron chi connectivity index (χ2n) is 5.43. The van der Waals surface area contributed by atoms with Crippen LogP contribution in [0.5, 0.6) is 0 Å². The zero-order chi connectivity index (χ0) is 17.6. The molecule has 7 nitrogen and oxygen atoms in total. The predicted molar refractivity (Wildman–Crippen MR) is 90.6 cm³/mol. The Morgan fingerprint density at radius 2 is 2.00 bits per heavy atom. The third-order valence-corrected chi connectivity index (χ3v) is 4.74. The van der Waals surface area contributed by atoms with Crippen LogP contribution in [0.4, 0.5) is 5.69 Å². The molecule has 4 rings (SSSR count). The van der Waals surface area contributed by atoms with Crippen molar-refractivity contribution in [1.29, 1.82) is 0 Å². The van der Waals surface area contributed by atoms with Crippen molar-refractivity contribution in [1.82, 2.24) is 9.88 Å². The highest BCUT2D eigenvalue weighted by Gasteiger charge is 2.32. The molecule has 1 N–H and O–H groups in total. The molecule has 3 heterocycles. The number of amides is 3. The second kappa shape index (κ2) is 5.67. The molecule has 0 fully saturated rings. The van der Waals surface area contributed by atoms with Crippen molar-refractivity contribution >= 4 is 34.7 Å². The minimum absolute atomic E-state index is 0.265. The van der Waals surface area contributed by atoms with Crippen LogP contribution in [0, 0.1) is 0 Å². The van der Waals surface area contributed by atoms with Gasteiger partial charge in [0.15, 0.2) is 0 Å². The summed E-state index contributed by atoms with van der Waals surface area (Å²) in [6.45, 7) is 0. The van der Waals surface area contributed by atoms with E-state index < -0.39 is 5.91 Å². The summed E-state index contributed by atoms with van der Waals surface area (Å²) in [5.74, 6) is -1.12. The lowest BCUT2D eigenvalue weighted by Gasteiger charge is -2.04. The number of furan rings is 1. The molecule has 0 radical (unpaired) electrons. The van der Waals surface area contributed by atoms with Gasteiger partial charge in [0.05, 0.1) is 17.4 Å². The summed E-state index contributed by atoms with van der Waals surface area (Å²) in [7, 11) is 1.43. The number of fused-ring (bicyclic) bond motifs is 1. The lowest BCUT2D eigenvalue weighted by molar-refractivity contribution is 0.0692. The van der Waals surface area contributed by atoms with Gasteiger partial charge in [0.25, 0.3) is 17.7 Å². The first kappa shape index (κ1) is 15.3. The van der Waals surface area contributed by atoms with E-state index in [1.165, 1.54) is 36.8 Å². The first-order chi connectivity index (χ1) is 12.0. The Kier molecular flexibility index (Phi) is 3.47. The Balaban J connectivity index is 1.56. The van der Waals surface area contributed by atoms with Crippen molar-refractivity contribution in [2.24, 2.45) is 0 Å². The van der Waals surface area contributed by atoms with Gasteiger partial charge in [-0.3, -0.25) is 19.3 Å². The van der Waals surface area contributed by atoms with Gasteiger partial charge in [-0.1, -0.05) is 0 Å². The minimum Gasteiger partial charge on any atom is -0.472 e. The van der Waals surface area contributed by atoms with Crippen molar-refractivity contribution in [2.75, 3.05) is 12.4 Å². The van der Waals surface area contributed by atoms with Crippen LogP contribution in [0.3, 0.4) is 0 Å². The number of thiazole rings is 1. The number of nitrogens with zero attached hydrogens (tertiary/aromatic N) is 2. The van der Waals surface area contributed by atoms with Crippen molar-refractivity contribution in [3.8, 4) is 10.6 Å². The molecule has 0 saturated carbocycles. The number of rotatable bonds is 3. The highest BCUT2D eigenvalue weighted by molar-refractivity contribution is 7.13. The van der Waals surface area contributed by atoms with E-state index in [1.807, 2.05) is 0 Å². The van der Waals surface area contributed by atoms with Crippen LogP contribution in [0.2, 0.25) is 0 Å². The SMILES string of the molecule is CN1C(=O)c2ccc(NC(=O)c3csc(-c4ccoc4)n3)cc2C1=O. The van der Waals surface area contributed by atoms with Gasteiger partial charge in [0.1, 0.15) is 17.0 Å². The fourth-order valence-electron chi connectivity index (χ4n) is 2.53. The molecule has 8 heteroatoms. The summed E-state index contributed by atoms with van der Waals surface area (Å²) in [6.07, 6.45) is 3.09. The molecule has 0 aliphatic carbocycles. The fraction of sp³-hybridized carbons (Fsp3) is 0.0588. The molecule has 124 valence electrons. The topological polar surface area (TPSA) is 92.5 Å². The lowest BCUT2D eigenvalue weighted by atomic mass is 10.1. The number of imide groups is 1. The van der Waals surface area contributed by atoms with Gasteiger partial charge >= 0.3 is 0 Å². The molecule has 1 aromatic carbocycles. The van der Waals surface area contributed by atoms with Gasteiger partial charge in [0.2, 0.25) is 0 Å². The summed E-state index contributed by atoms with van der Waals surface area (Å²) in [6, 6.07) is 6.39. The number of hydrogen-bond acceptors (Lipinski definition) is 6. The predicted octanol–water partition coefficient (Wildman–Crippen LogP) is 2.88. The number of carbonyl (C=O) groups is 3. The van der Waals surface area contributed by atoms with Gasteiger partial charge in [-0.05, 0) is 24.3 Å². The molecule has 0 spiro atoms. The maximum absolute atomic E-state index is 12.4. The Morgan fingerprint density at radius 1 is 1.20 bits per heavy atom. The van der Waals surface area contributed by atoms with E-state index in [9.17, 15) is 14.4 Å². The van der Waals surface area contributed by atoms with Gasteiger partial charge in [-0.25, -0.2) is 4.98 Å². The van der Waals surface area contributed by atoms with Gasteiger partial charge in [0, 0.05) is 23.7 Å². The number of anilines is 1. The monoisotopic (exact) mass is 353 g/mol. The number of aromatic nitrogens is 1. The van der Waals surface area contributed by atoms with Gasteiger partial charge in [-0.15, -0.1) is 11.3 Å². The number of hydrogen-bond donors (Lipinski definition) is 1. The minimum atomic E-state index is -0.393. The number of carbonyl (C=O) groups excluding carboxylic acids is 3. The molecule has 1 aliphatic rings. The first-order valence-electron chi connectivity index (χ1n) is 7.30. The molecule has 0 atom stereocenters. The summed E-state index contributed by atoms with van der Waals surface area (Å²) in [5, 5.41) is 5.02. The highest BCUT2D eigenvalue weighted by Crippen LogP contribution is 2.26. The maximum Gasteiger partial charge on any atom is 0.275 e. The van der Waals surface area contributed by atoms with Crippen LogP contribution in [0.1, 0.15) is 31.2 Å². The third kappa shape index (κ3) is 2.52. The highest BCUT2D eigenvalue weighted by atomic mass is 32.1. The van der Waals surface area contributed by atoms with E-state index in [2.05, 4.69) is 10.3 Å². The molecule has 3 aromatic rings. The van der Waals surface area contributed by atoms with Crippen LogP contribution in [0.15, 0.2) is 46.6 Å². The van der Waals surface area contributed by atoms with Gasteiger partial charge in [-0.2, -0.15) is 0 Å². The van der Waals surface area contributed by atoms with Crippen LogP contribution in [-0.4, -0.2) is 34.7 Å². The van der Waals surface area contributed by atoms with E-state index in [4.69, 9.17) is 4.42 Å². The maximum atomic E-state index is 12.4. The molecular formula is C17H11N3O4S. The average Bonchev–Trinajstić information content (AvgIpc) is 3.33. The second-order valence-corrected chi connectivity index (χ2v) is 6.29. The summed E-state index contributed by atoms with van der Waals surface area (Å²) in [4.78, 5) is 41.6. The lowest BCUT2D eigenvalue weighted by Crippen LogP contribution is -2.24. The summed E-state index contributed by atoms with van der Waals surface area (Å²) < 4.78 is 5.01. The van der Waals surface area contributed by atoms with E-state index in [-0.39, 0.29) is 23.1 Å². The summed E-state index contributed by atoms with van der Waals surface area (Å²) >= 11 is 1.33. The van der Waals surface area contributed by atoms with E-state index in [1.54, 1.807) is 23.8 Å². The van der Waals surface area contributed by atoms with Crippen LogP contribution in [0.25, 0.3) is 10.6 Å².